The third-order valence-electron chi connectivity index (χ3n) is 2.62. The molecule has 116 valence electrons. The summed E-state index contributed by atoms with van der Waals surface area (Å²) in [5, 5.41) is 12.5. The Morgan fingerprint density at radius 1 is 1.19 bits per heavy atom. The number of alkyl halides is 3. The number of carboxylic acid groups (broad SMARTS) is 1. The van der Waals surface area contributed by atoms with Gasteiger partial charge in [0, 0.05) is 0 Å². The Morgan fingerprint density at radius 2 is 1.81 bits per heavy atom. The summed E-state index contributed by atoms with van der Waals surface area (Å²) in [4.78, 5) is 22.2. The van der Waals surface area contributed by atoms with Gasteiger partial charge in [0.15, 0.2) is 0 Å². The van der Waals surface area contributed by atoms with Crippen LogP contribution >= 0.6 is 0 Å². The Balaban J connectivity index is 2.46. The largest absolute Gasteiger partial charge is 0.480 e. The molecule has 21 heavy (non-hydrogen) atoms. The van der Waals surface area contributed by atoms with E-state index >= 15 is 0 Å². The highest BCUT2D eigenvalue weighted by Crippen LogP contribution is 2.12. The van der Waals surface area contributed by atoms with Gasteiger partial charge >= 0.3 is 18.2 Å². The summed E-state index contributed by atoms with van der Waals surface area (Å²) in [5.74, 6) is -1.30. The molecule has 0 aliphatic heterocycles. The summed E-state index contributed by atoms with van der Waals surface area (Å²) in [7, 11) is 0. The van der Waals surface area contributed by atoms with E-state index < -0.39 is 30.8 Å². The highest BCUT2D eigenvalue weighted by Gasteiger charge is 2.28. The molecule has 0 saturated heterocycles. The Morgan fingerprint density at radius 3 is 2.33 bits per heavy atom. The van der Waals surface area contributed by atoms with E-state index in [4.69, 9.17) is 5.11 Å². The van der Waals surface area contributed by atoms with Crippen LogP contribution in [0.3, 0.4) is 0 Å². The number of aliphatic carboxylic acids is 1. The molecule has 1 atom stereocenters. The predicted octanol–water partition coefficient (Wildman–Crippen LogP) is 1.93. The van der Waals surface area contributed by atoms with E-state index in [1.165, 1.54) is 0 Å². The number of carbonyl (C=O) groups excluding carboxylic acids is 1. The van der Waals surface area contributed by atoms with Crippen LogP contribution in [0.2, 0.25) is 0 Å². The van der Waals surface area contributed by atoms with Crippen LogP contribution in [-0.2, 0) is 11.2 Å². The van der Waals surface area contributed by atoms with Gasteiger partial charge in [-0.05, 0) is 18.4 Å². The van der Waals surface area contributed by atoms with Crippen molar-refractivity contribution in [2.75, 3.05) is 6.54 Å². The number of halogens is 3. The van der Waals surface area contributed by atoms with Gasteiger partial charge < -0.3 is 15.7 Å². The number of benzene rings is 1. The maximum atomic E-state index is 11.9. The van der Waals surface area contributed by atoms with Gasteiger partial charge in [0.05, 0.1) is 0 Å². The van der Waals surface area contributed by atoms with E-state index in [2.05, 4.69) is 0 Å². The van der Waals surface area contributed by atoms with Crippen molar-refractivity contribution in [1.29, 1.82) is 0 Å². The molecule has 5 nitrogen and oxygen atoms in total. The lowest BCUT2D eigenvalue weighted by Gasteiger charge is -2.15. The van der Waals surface area contributed by atoms with Crippen molar-refractivity contribution >= 4 is 12.0 Å². The van der Waals surface area contributed by atoms with Crippen LogP contribution in [0.5, 0.6) is 0 Å². The topological polar surface area (TPSA) is 78.4 Å². The van der Waals surface area contributed by atoms with Crippen LogP contribution in [-0.4, -0.2) is 35.9 Å². The number of nitrogens with one attached hydrogen (secondary N) is 2. The van der Waals surface area contributed by atoms with Gasteiger partial charge in [-0.2, -0.15) is 13.2 Å². The lowest BCUT2D eigenvalue weighted by atomic mass is 10.1. The minimum absolute atomic E-state index is 0.0821. The highest BCUT2D eigenvalue weighted by atomic mass is 19.4. The van der Waals surface area contributed by atoms with E-state index in [1.54, 1.807) is 35.6 Å². The molecule has 0 aromatic heterocycles. The normalized spacial score (nSPS) is 12.5. The first-order valence-corrected chi connectivity index (χ1v) is 6.16. The number of hydrogen-bond donors (Lipinski definition) is 3. The molecule has 0 aliphatic rings. The number of aryl methyl sites for hydroxylation is 1. The van der Waals surface area contributed by atoms with Crippen molar-refractivity contribution in [2.24, 2.45) is 0 Å². The monoisotopic (exact) mass is 304 g/mol. The van der Waals surface area contributed by atoms with Crippen molar-refractivity contribution in [2.45, 2.75) is 25.1 Å². The molecule has 1 rings (SSSR count). The summed E-state index contributed by atoms with van der Waals surface area (Å²) in [6.45, 7) is -1.51. The van der Waals surface area contributed by atoms with Gasteiger partial charge in [0.1, 0.15) is 12.6 Å². The third kappa shape index (κ3) is 7.19. The van der Waals surface area contributed by atoms with Gasteiger partial charge in [0.2, 0.25) is 0 Å². The maximum absolute atomic E-state index is 11.9. The Labute approximate surface area is 119 Å². The van der Waals surface area contributed by atoms with Crippen molar-refractivity contribution in [3.8, 4) is 0 Å². The van der Waals surface area contributed by atoms with Crippen LogP contribution in [0.25, 0.3) is 0 Å². The molecule has 0 aliphatic carbocycles. The average Bonchev–Trinajstić information content (AvgIpc) is 2.41. The smallest absolute Gasteiger partial charge is 0.405 e. The van der Waals surface area contributed by atoms with Crippen molar-refractivity contribution in [3.05, 3.63) is 35.9 Å². The second kappa shape index (κ2) is 7.51. The van der Waals surface area contributed by atoms with Gasteiger partial charge in [-0.25, -0.2) is 9.59 Å². The standard InChI is InChI=1S/C13H15F3N2O3/c14-13(15,16)8-17-12(21)18-10(11(19)20)7-6-9-4-2-1-3-5-9/h1-5,10H,6-8H2,(H,19,20)(H2,17,18,21)/t10-/m0/s1. The fraction of sp³-hybridized carbons (Fsp3) is 0.385. The molecular weight excluding hydrogens is 289 g/mol. The summed E-state index contributed by atoms with van der Waals surface area (Å²) < 4.78 is 35.8. The Kier molecular flexibility index (Phi) is 6.01. The second-order valence-electron chi connectivity index (χ2n) is 4.36. The number of carboxylic acids is 1. The molecule has 1 aromatic rings. The molecule has 0 unspecified atom stereocenters. The number of urea groups is 1. The maximum Gasteiger partial charge on any atom is 0.405 e. The van der Waals surface area contributed by atoms with Crippen LogP contribution in [0, 0.1) is 0 Å². The predicted molar refractivity (Wildman–Crippen MR) is 68.8 cm³/mol. The minimum Gasteiger partial charge on any atom is -0.480 e. The number of amides is 2. The minimum atomic E-state index is -4.54. The average molecular weight is 304 g/mol. The molecule has 0 saturated carbocycles. The van der Waals surface area contributed by atoms with E-state index in [0.717, 1.165) is 5.56 Å². The zero-order valence-corrected chi connectivity index (χ0v) is 11.0. The molecule has 1 aromatic carbocycles. The second-order valence-corrected chi connectivity index (χ2v) is 4.36. The lowest BCUT2D eigenvalue weighted by molar-refractivity contribution is -0.139. The van der Waals surface area contributed by atoms with E-state index in [1.807, 2.05) is 5.32 Å². The Bertz CT molecular complexity index is 477. The van der Waals surface area contributed by atoms with E-state index in [0.29, 0.717) is 6.42 Å². The molecule has 3 N–H and O–H groups in total. The van der Waals surface area contributed by atoms with Gasteiger partial charge in [-0.15, -0.1) is 0 Å². The first-order chi connectivity index (χ1) is 9.78. The molecule has 0 radical (unpaired) electrons. The molecule has 8 heteroatoms. The van der Waals surface area contributed by atoms with Crippen LogP contribution in [0.1, 0.15) is 12.0 Å². The zero-order valence-electron chi connectivity index (χ0n) is 11.0. The summed E-state index contributed by atoms with van der Waals surface area (Å²) >= 11 is 0. The molecule has 0 spiro atoms. The first-order valence-electron chi connectivity index (χ1n) is 6.16. The van der Waals surface area contributed by atoms with Crippen molar-refractivity contribution in [1.82, 2.24) is 10.6 Å². The van der Waals surface area contributed by atoms with Crippen molar-refractivity contribution < 1.29 is 27.9 Å². The first kappa shape index (κ1) is 16.8. The molecule has 0 bridgehead atoms. The fourth-order valence-electron chi connectivity index (χ4n) is 1.60. The molecular formula is C13H15F3N2O3. The number of hydrogen-bond acceptors (Lipinski definition) is 2. The SMILES string of the molecule is O=C(NCC(F)(F)F)N[C@@H](CCc1ccccc1)C(=O)O. The summed E-state index contributed by atoms with van der Waals surface area (Å²) in [6.07, 6.45) is -4.07. The summed E-state index contributed by atoms with van der Waals surface area (Å²) in [6, 6.07) is 6.56. The van der Waals surface area contributed by atoms with Gasteiger partial charge in [-0.3, -0.25) is 0 Å². The van der Waals surface area contributed by atoms with Crippen molar-refractivity contribution in [3.63, 3.8) is 0 Å². The zero-order chi connectivity index (χ0) is 15.9. The fourth-order valence-corrected chi connectivity index (χ4v) is 1.60. The van der Waals surface area contributed by atoms with Gasteiger partial charge in [-0.1, -0.05) is 30.3 Å². The Hall–Kier alpha value is -2.25. The lowest BCUT2D eigenvalue weighted by Crippen LogP contribution is -2.48. The van der Waals surface area contributed by atoms with Gasteiger partial charge in [0.25, 0.3) is 0 Å². The number of rotatable bonds is 6. The van der Waals surface area contributed by atoms with E-state index in [9.17, 15) is 22.8 Å². The quantitative estimate of drug-likeness (QED) is 0.751. The van der Waals surface area contributed by atoms with Crippen LogP contribution in [0.4, 0.5) is 18.0 Å². The van der Waals surface area contributed by atoms with Crippen LogP contribution in [0.15, 0.2) is 30.3 Å². The molecule has 0 fully saturated rings. The van der Waals surface area contributed by atoms with Crippen LogP contribution < -0.4 is 10.6 Å². The molecule has 0 heterocycles. The molecule has 2 amide bonds. The number of carbonyl (C=O) groups is 2. The van der Waals surface area contributed by atoms with E-state index in [-0.39, 0.29) is 6.42 Å². The third-order valence-corrected chi connectivity index (χ3v) is 2.62. The summed E-state index contributed by atoms with van der Waals surface area (Å²) in [5.41, 5.74) is 0.876. The highest BCUT2D eigenvalue weighted by molar-refractivity contribution is 5.82.